The van der Waals surface area contributed by atoms with E-state index in [0.717, 1.165) is 42.6 Å². The molecule has 1 aromatic carbocycles. The first-order valence-electron chi connectivity index (χ1n) is 10.1. The number of amides is 4. The molecule has 0 spiro atoms. The van der Waals surface area contributed by atoms with Crippen molar-refractivity contribution in [1.29, 1.82) is 0 Å². The van der Waals surface area contributed by atoms with Crippen LogP contribution in [0.3, 0.4) is 0 Å². The standard InChI is InChI=1S/C21H29N3O3/c1-2-13-21(17-11-7-6-8-12-17)19(26)24(20(27)22-21)16-18(25)23-14-9-4-3-5-10-15-23/h6-8,11-12H,2-5,9-10,13-16H2,1H3,(H,22,27)/t21-/m0/s1. The predicted molar refractivity (Wildman–Crippen MR) is 103 cm³/mol. The summed E-state index contributed by atoms with van der Waals surface area (Å²) in [5.41, 5.74) is -0.296. The van der Waals surface area contributed by atoms with Gasteiger partial charge in [-0.3, -0.25) is 14.5 Å². The van der Waals surface area contributed by atoms with Gasteiger partial charge in [-0.05, 0) is 24.8 Å². The van der Waals surface area contributed by atoms with Gasteiger partial charge in [0.25, 0.3) is 5.91 Å². The number of hydrogen-bond donors (Lipinski definition) is 1. The summed E-state index contributed by atoms with van der Waals surface area (Å²) in [5, 5.41) is 2.88. The zero-order valence-electron chi connectivity index (χ0n) is 16.1. The lowest BCUT2D eigenvalue weighted by Gasteiger charge is -2.28. The monoisotopic (exact) mass is 371 g/mol. The van der Waals surface area contributed by atoms with E-state index in [-0.39, 0.29) is 18.4 Å². The van der Waals surface area contributed by atoms with Gasteiger partial charge in [0.05, 0.1) is 0 Å². The fourth-order valence-corrected chi connectivity index (χ4v) is 4.11. The summed E-state index contributed by atoms with van der Waals surface area (Å²) in [6, 6.07) is 8.85. The van der Waals surface area contributed by atoms with Gasteiger partial charge in [0.1, 0.15) is 12.1 Å². The van der Waals surface area contributed by atoms with Gasteiger partial charge in [0, 0.05) is 13.1 Å². The minimum absolute atomic E-state index is 0.138. The molecule has 0 saturated carbocycles. The fourth-order valence-electron chi connectivity index (χ4n) is 4.11. The Labute approximate surface area is 160 Å². The Hall–Kier alpha value is -2.37. The van der Waals surface area contributed by atoms with Crippen molar-refractivity contribution in [1.82, 2.24) is 15.1 Å². The molecular formula is C21H29N3O3. The molecule has 2 aliphatic heterocycles. The van der Waals surface area contributed by atoms with Crippen LogP contribution >= 0.6 is 0 Å². The lowest BCUT2D eigenvalue weighted by atomic mass is 9.85. The third-order valence-corrected chi connectivity index (χ3v) is 5.57. The van der Waals surface area contributed by atoms with E-state index in [2.05, 4.69) is 5.32 Å². The van der Waals surface area contributed by atoms with Crippen LogP contribution in [0.15, 0.2) is 30.3 Å². The molecule has 0 bridgehead atoms. The second-order valence-electron chi connectivity index (χ2n) is 7.49. The maximum atomic E-state index is 13.2. The number of rotatable bonds is 5. The molecule has 146 valence electrons. The Bertz CT molecular complexity index is 683. The maximum absolute atomic E-state index is 13.2. The van der Waals surface area contributed by atoms with Crippen molar-refractivity contribution in [2.75, 3.05) is 19.6 Å². The van der Waals surface area contributed by atoms with E-state index >= 15 is 0 Å². The van der Waals surface area contributed by atoms with Gasteiger partial charge in [0.2, 0.25) is 5.91 Å². The van der Waals surface area contributed by atoms with Crippen LogP contribution in [0.25, 0.3) is 0 Å². The third kappa shape index (κ3) is 3.99. The maximum Gasteiger partial charge on any atom is 0.325 e. The Balaban J connectivity index is 1.77. The fraction of sp³-hybridized carbons (Fsp3) is 0.571. The van der Waals surface area contributed by atoms with Gasteiger partial charge >= 0.3 is 6.03 Å². The van der Waals surface area contributed by atoms with E-state index in [1.807, 2.05) is 42.2 Å². The molecule has 2 saturated heterocycles. The number of carbonyl (C=O) groups is 3. The smallest absolute Gasteiger partial charge is 0.325 e. The topological polar surface area (TPSA) is 69.7 Å². The second-order valence-corrected chi connectivity index (χ2v) is 7.49. The molecule has 1 atom stereocenters. The zero-order chi connectivity index (χ0) is 19.3. The first kappa shape index (κ1) is 19.4. The first-order chi connectivity index (χ1) is 13.1. The van der Waals surface area contributed by atoms with Crippen molar-refractivity contribution in [2.45, 2.75) is 57.4 Å². The van der Waals surface area contributed by atoms with Gasteiger partial charge in [-0.2, -0.15) is 0 Å². The number of benzene rings is 1. The van der Waals surface area contributed by atoms with Crippen LogP contribution < -0.4 is 5.32 Å². The number of nitrogens with one attached hydrogen (secondary N) is 1. The van der Waals surface area contributed by atoms with Gasteiger partial charge < -0.3 is 10.2 Å². The molecule has 6 nitrogen and oxygen atoms in total. The highest BCUT2D eigenvalue weighted by Crippen LogP contribution is 2.33. The van der Waals surface area contributed by atoms with Gasteiger partial charge in [-0.25, -0.2) is 4.79 Å². The van der Waals surface area contributed by atoms with Gasteiger partial charge in [0.15, 0.2) is 0 Å². The molecule has 2 fully saturated rings. The molecule has 0 unspecified atom stereocenters. The van der Waals surface area contributed by atoms with Crippen molar-refractivity contribution < 1.29 is 14.4 Å². The predicted octanol–water partition coefficient (Wildman–Crippen LogP) is 3.03. The normalized spacial score (nSPS) is 23.7. The van der Waals surface area contributed by atoms with Gasteiger partial charge in [-0.15, -0.1) is 0 Å². The van der Waals surface area contributed by atoms with E-state index in [0.29, 0.717) is 19.5 Å². The Morgan fingerprint density at radius 1 is 1.04 bits per heavy atom. The second kappa shape index (κ2) is 8.55. The molecule has 6 heteroatoms. The molecule has 2 heterocycles. The summed E-state index contributed by atoms with van der Waals surface area (Å²) >= 11 is 0. The van der Waals surface area contributed by atoms with Crippen molar-refractivity contribution in [3.8, 4) is 0 Å². The number of carbonyl (C=O) groups excluding carboxylic acids is 3. The Morgan fingerprint density at radius 2 is 1.67 bits per heavy atom. The van der Waals surface area contributed by atoms with E-state index in [4.69, 9.17) is 0 Å². The average Bonchev–Trinajstić information content (AvgIpc) is 2.87. The van der Waals surface area contributed by atoms with Crippen LogP contribution in [0.1, 0.15) is 57.4 Å². The minimum atomic E-state index is -1.07. The summed E-state index contributed by atoms with van der Waals surface area (Å²) in [7, 11) is 0. The number of urea groups is 1. The van der Waals surface area contributed by atoms with E-state index in [9.17, 15) is 14.4 Å². The number of imide groups is 1. The first-order valence-corrected chi connectivity index (χ1v) is 10.1. The quantitative estimate of drug-likeness (QED) is 0.809. The number of likely N-dealkylation sites (tertiary alicyclic amines) is 1. The number of hydrogen-bond acceptors (Lipinski definition) is 3. The van der Waals surface area contributed by atoms with Crippen LogP contribution in [0.5, 0.6) is 0 Å². The van der Waals surface area contributed by atoms with Crippen LogP contribution in [-0.2, 0) is 15.1 Å². The van der Waals surface area contributed by atoms with Crippen LogP contribution in [0.4, 0.5) is 4.79 Å². The molecular weight excluding hydrogens is 342 g/mol. The summed E-state index contributed by atoms with van der Waals surface area (Å²) < 4.78 is 0. The Kier molecular flexibility index (Phi) is 6.14. The molecule has 0 radical (unpaired) electrons. The van der Waals surface area contributed by atoms with E-state index in [1.54, 1.807) is 0 Å². The van der Waals surface area contributed by atoms with Crippen LogP contribution in [0, 0.1) is 0 Å². The largest absolute Gasteiger partial charge is 0.341 e. The highest BCUT2D eigenvalue weighted by atomic mass is 16.2. The minimum Gasteiger partial charge on any atom is -0.341 e. The molecule has 3 rings (SSSR count). The number of nitrogens with zero attached hydrogens (tertiary/aromatic N) is 2. The summed E-state index contributed by atoms with van der Waals surface area (Å²) in [5.74, 6) is -0.457. The zero-order valence-corrected chi connectivity index (χ0v) is 16.1. The van der Waals surface area contributed by atoms with Crippen LogP contribution in [-0.4, -0.2) is 47.3 Å². The third-order valence-electron chi connectivity index (χ3n) is 5.57. The lowest BCUT2D eigenvalue weighted by molar-refractivity contribution is -0.139. The summed E-state index contributed by atoms with van der Waals surface area (Å²) in [6.07, 6.45) is 6.68. The van der Waals surface area contributed by atoms with Crippen molar-refractivity contribution >= 4 is 17.8 Å². The molecule has 27 heavy (non-hydrogen) atoms. The van der Waals surface area contributed by atoms with Crippen molar-refractivity contribution in [3.63, 3.8) is 0 Å². The molecule has 4 amide bonds. The highest BCUT2D eigenvalue weighted by molar-refractivity contribution is 6.09. The molecule has 2 aliphatic rings. The lowest BCUT2D eigenvalue weighted by Crippen LogP contribution is -2.46. The molecule has 1 aromatic rings. The van der Waals surface area contributed by atoms with Crippen molar-refractivity contribution in [3.05, 3.63) is 35.9 Å². The Morgan fingerprint density at radius 3 is 2.30 bits per heavy atom. The van der Waals surface area contributed by atoms with Crippen molar-refractivity contribution in [2.24, 2.45) is 0 Å². The van der Waals surface area contributed by atoms with E-state index < -0.39 is 11.6 Å². The summed E-state index contributed by atoms with van der Waals surface area (Å²) in [4.78, 5) is 41.5. The SMILES string of the molecule is CCC[C@@]1(c2ccccc2)NC(=O)N(CC(=O)N2CCCCCCC2)C1=O. The summed E-state index contributed by atoms with van der Waals surface area (Å²) in [6.45, 7) is 3.23. The van der Waals surface area contributed by atoms with E-state index in [1.165, 1.54) is 6.42 Å². The van der Waals surface area contributed by atoms with Gasteiger partial charge in [-0.1, -0.05) is 62.9 Å². The molecule has 1 N–H and O–H groups in total. The van der Waals surface area contributed by atoms with Crippen LogP contribution in [0.2, 0.25) is 0 Å². The average molecular weight is 371 g/mol. The highest BCUT2D eigenvalue weighted by Gasteiger charge is 2.52. The molecule has 0 aliphatic carbocycles. The molecule has 0 aromatic heterocycles.